The van der Waals surface area contributed by atoms with Crippen LogP contribution in [0.5, 0.6) is 5.75 Å². The van der Waals surface area contributed by atoms with E-state index in [4.69, 9.17) is 4.74 Å². The Balaban J connectivity index is 2.36. The average Bonchev–Trinajstić information content (AvgIpc) is 2.07. The minimum Gasteiger partial charge on any atom is -0.492 e. The van der Waals surface area contributed by atoms with Gasteiger partial charge in [-0.15, -0.1) is 0 Å². The first-order valence-electron chi connectivity index (χ1n) is 3.90. The molecule has 0 saturated carbocycles. The molecule has 0 atom stereocenters. The van der Waals surface area contributed by atoms with Crippen molar-refractivity contribution >= 4 is 5.69 Å². The Morgan fingerprint density at radius 2 is 2.45 bits per heavy atom. The maximum absolute atomic E-state index is 5.41. The first-order valence-corrected chi connectivity index (χ1v) is 3.90. The molecule has 0 saturated heterocycles. The highest BCUT2D eigenvalue weighted by Crippen LogP contribution is 2.30. The third-order valence-electron chi connectivity index (χ3n) is 1.83. The maximum Gasteiger partial charge on any atom is 0.142 e. The zero-order valence-electron chi connectivity index (χ0n) is 6.55. The highest BCUT2D eigenvalue weighted by molar-refractivity contribution is 5.61. The van der Waals surface area contributed by atoms with Crippen molar-refractivity contribution in [3.63, 3.8) is 0 Å². The van der Waals surface area contributed by atoms with E-state index in [9.17, 15) is 0 Å². The summed E-state index contributed by atoms with van der Waals surface area (Å²) in [4.78, 5) is 0. The van der Waals surface area contributed by atoms with Crippen molar-refractivity contribution in [1.29, 1.82) is 0 Å². The average molecular weight is 149 g/mol. The highest BCUT2D eigenvalue weighted by Gasteiger charge is 2.09. The second kappa shape index (κ2) is 2.46. The fourth-order valence-electron chi connectivity index (χ4n) is 1.29. The van der Waals surface area contributed by atoms with Gasteiger partial charge in [0.1, 0.15) is 5.75 Å². The van der Waals surface area contributed by atoms with E-state index in [2.05, 4.69) is 23.5 Å². The zero-order valence-corrected chi connectivity index (χ0v) is 6.55. The van der Waals surface area contributed by atoms with Crippen LogP contribution in [0.15, 0.2) is 18.2 Å². The molecular formula is C9H11NO. The Morgan fingerprint density at radius 1 is 1.55 bits per heavy atom. The highest BCUT2D eigenvalue weighted by atomic mass is 16.5. The van der Waals surface area contributed by atoms with Gasteiger partial charge in [0.05, 0.1) is 12.3 Å². The van der Waals surface area contributed by atoms with Gasteiger partial charge in [-0.1, -0.05) is 6.07 Å². The van der Waals surface area contributed by atoms with Crippen LogP contribution in [0.3, 0.4) is 0 Å². The molecule has 2 heterocycles. The number of hydrogen-bond acceptors (Lipinski definition) is 2. The molecule has 1 N–H and O–H groups in total. The molecule has 0 amide bonds. The molecule has 1 aromatic carbocycles. The van der Waals surface area contributed by atoms with Gasteiger partial charge in [0.25, 0.3) is 0 Å². The van der Waals surface area contributed by atoms with Gasteiger partial charge in [-0.2, -0.15) is 0 Å². The predicted octanol–water partition coefficient (Wildman–Crippen LogP) is 2.01. The van der Waals surface area contributed by atoms with Crippen LogP contribution < -0.4 is 10.1 Å². The van der Waals surface area contributed by atoms with Crippen LogP contribution in [-0.4, -0.2) is 6.61 Å². The van der Waals surface area contributed by atoms with Crippen LogP contribution in [0, 0.1) is 0 Å². The van der Waals surface area contributed by atoms with E-state index in [0.717, 1.165) is 24.6 Å². The van der Waals surface area contributed by atoms with Gasteiger partial charge >= 0.3 is 0 Å². The molecule has 3 rings (SSSR count). The molecule has 2 bridgehead atoms. The summed E-state index contributed by atoms with van der Waals surface area (Å²) in [6.45, 7) is 3.68. The van der Waals surface area contributed by atoms with Crippen molar-refractivity contribution < 1.29 is 4.74 Å². The molecule has 0 unspecified atom stereocenters. The van der Waals surface area contributed by atoms with E-state index in [1.807, 2.05) is 6.92 Å². The van der Waals surface area contributed by atoms with Gasteiger partial charge in [-0.05, 0) is 24.6 Å². The van der Waals surface area contributed by atoms with Crippen molar-refractivity contribution in [2.24, 2.45) is 0 Å². The first-order chi connectivity index (χ1) is 5.40. The summed E-state index contributed by atoms with van der Waals surface area (Å²) in [5.74, 6) is 0.983. The molecule has 0 aliphatic carbocycles. The number of rotatable bonds is 2. The molecule has 0 aromatic heterocycles. The third-order valence-corrected chi connectivity index (χ3v) is 1.83. The van der Waals surface area contributed by atoms with Crippen molar-refractivity contribution in [3.8, 4) is 5.75 Å². The monoisotopic (exact) mass is 149 g/mol. The molecule has 0 radical (unpaired) electrons. The molecular weight excluding hydrogens is 138 g/mol. The topological polar surface area (TPSA) is 21.3 Å². The summed E-state index contributed by atoms with van der Waals surface area (Å²) >= 11 is 0. The van der Waals surface area contributed by atoms with Crippen molar-refractivity contribution in [2.75, 3.05) is 11.9 Å². The Kier molecular flexibility index (Phi) is 1.46. The molecule has 11 heavy (non-hydrogen) atoms. The number of benzene rings is 1. The lowest BCUT2D eigenvalue weighted by atomic mass is 10.1. The van der Waals surface area contributed by atoms with Crippen molar-refractivity contribution in [3.05, 3.63) is 23.8 Å². The van der Waals surface area contributed by atoms with E-state index in [1.54, 1.807) is 0 Å². The molecule has 2 aliphatic rings. The first kappa shape index (κ1) is 6.53. The molecule has 2 aliphatic heterocycles. The van der Waals surface area contributed by atoms with Gasteiger partial charge in [-0.25, -0.2) is 0 Å². The maximum atomic E-state index is 5.41. The van der Waals surface area contributed by atoms with E-state index in [1.165, 1.54) is 5.56 Å². The number of fused-ring (bicyclic) bond motifs is 3. The Bertz CT molecular complexity index is 270. The lowest BCUT2D eigenvalue weighted by Crippen LogP contribution is -2.08. The fraction of sp³-hybridized carbons (Fsp3) is 0.333. The molecule has 2 nitrogen and oxygen atoms in total. The normalized spacial score (nSPS) is 12.8. The number of ether oxygens (including phenoxy) is 1. The van der Waals surface area contributed by atoms with Gasteiger partial charge < -0.3 is 10.1 Å². The fourth-order valence-corrected chi connectivity index (χ4v) is 1.29. The van der Waals surface area contributed by atoms with Crippen molar-refractivity contribution in [1.82, 2.24) is 0 Å². The molecule has 0 spiro atoms. The largest absolute Gasteiger partial charge is 0.492 e. The predicted molar refractivity (Wildman–Crippen MR) is 44.9 cm³/mol. The van der Waals surface area contributed by atoms with Gasteiger partial charge in [0.2, 0.25) is 0 Å². The summed E-state index contributed by atoms with van der Waals surface area (Å²) in [5.41, 5.74) is 2.41. The Morgan fingerprint density at radius 3 is 2.91 bits per heavy atom. The van der Waals surface area contributed by atoms with Crippen LogP contribution in [0.2, 0.25) is 0 Å². The smallest absolute Gasteiger partial charge is 0.142 e. The number of nitrogens with one attached hydrogen (secondary N) is 1. The summed E-state index contributed by atoms with van der Waals surface area (Å²) < 4.78 is 5.41. The lowest BCUT2D eigenvalue weighted by molar-refractivity contribution is 0.340. The van der Waals surface area contributed by atoms with Gasteiger partial charge in [0, 0.05) is 6.54 Å². The van der Waals surface area contributed by atoms with Gasteiger partial charge in [-0.3, -0.25) is 0 Å². The zero-order chi connectivity index (χ0) is 7.68. The summed E-state index contributed by atoms with van der Waals surface area (Å²) in [5, 5.41) is 3.25. The van der Waals surface area contributed by atoms with Gasteiger partial charge in [0.15, 0.2) is 0 Å². The molecule has 0 fully saturated rings. The number of hydrogen-bond donors (Lipinski definition) is 1. The van der Waals surface area contributed by atoms with Crippen molar-refractivity contribution in [2.45, 2.75) is 13.5 Å². The van der Waals surface area contributed by atoms with E-state index >= 15 is 0 Å². The lowest BCUT2D eigenvalue weighted by Gasteiger charge is -2.19. The summed E-state index contributed by atoms with van der Waals surface area (Å²) in [7, 11) is 0. The van der Waals surface area contributed by atoms with E-state index < -0.39 is 0 Å². The minimum atomic E-state index is 0.734. The second-order valence-corrected chi connectivity index (χ2v) is 2.62. The summed E-state index contributed by atoms with van der Waals surface area (Å²) in [6.07, 6.45) is 0. The van der Waals surface area contributed by atoms with Crippen LogP contribution in [-0.2, 0) is 6.54 Å². The quantitative estimate of drug-likeness (QED) is 0.694. The number of anilines is 1. The molecule has 2 heteroatoms. The minimum absolute atomic E-state index is 0.734. The molecule has 58 valence electrons. The standard InChI is InChI=1S/C9H11NO/c1-2-11-9-5-7-3-4-8(9)10-6-7/h3-5,10H,2,6H2,1H3. The van der Waals surface area contributed by atoms with E-state index in [-0.39, 0.29) is 0 Å². The Hall–Kier alpha value is -1.18. The SMILES string of the molecule is CCOc1cc2ccc1NC2. The van der Waals surface area contributed by atoms with E-state index in [0.29, 0.717) is 0 Å². The summed E-state index contributed by atoms with van der Waals surface area (Å²) in [6, 6.07) is 6.27. The van der Waals surface area contributed by atoms with Crippen LogP contribution in [0.4, 0.5) is 5.69 Å². The van der Waals surface area contributed by atoms with Crippen LogP contribution in [0.25, 0.3) is 0 Å². The third kappa shape index (κ3) is 1.04. The Labute approximate surface area is 66.2 Å². The van der Waals surface area contributed by atoms with Crippen LogP contribution in [0.1, 0.15) is 12.5 Å². The second-order valence-electron chi connectivity index (χ2n) is 2.62. The van der Waals surface area contributed by atoms with Crippen LogP contribution >= 0.6 is 0 Å². The molecule has 1 aromatic rings.